The highest BCUT2D eigenvalue weighted by atomic mass is 16.4. The Hall–Kier alpha value is -1.85. The molecule has 1 unspecified atom stereocenters. The molecule has 0 spiro atoms. The Morgan fingerprint density at radius 2 is 2.12 bits per heavy atom. The van der Waals surface area contributed by atoms with Gasteiger partial charge >= 0.3 is 5.97 Å². The fourth-order valence-corrected chi connectivity index (χ4v) is 1.16. The van der Waals surface area contributed by atoms with E-state index >= 15 is 0 Å². The molecule has 1 aromatic rings. The molecule has 2 N–H and O–H groups in total. The molecule has 1 atom stereocenters. The molecule has 0 aliphatic rings. The van der Waals surface area contributed by atoms with Gasteiger partial charge in [0.05, 0.1) is 11.6 Å². The van der Waals surface area contributed by atoms with Gasteiger partial charge in [-0.1, -0.05) is 6.92 Å². The summed E-state index contributed by atoms with van der Waals surface area (Å²) >= 11 is 0. The molecule has 0 bridgehead atoms. The number of carbonyl (C=O) groups is 2. The van der Waals surface area contributed by atoms with Gasteiger partial charge < -0.3 is 14.8 Å². The standard InChI is InChI=1S/C10H14N2O4/c1-5(10(14)15)4-11-9(13)8-6(2)12-7(3)16-8/h5H,4H2,1-3H3,(H,11,13)(H,14,15). The second-order valence-corrected chi connectivity index (χ2v) is 3.60. The Kier molecular flexibility index (Phi) is 3.65. The van der Waals surface area contributed by atoms with E-state index in [-0.39, 0.29) is 12.3 Å². The van der Waals surface area contributed by atoms with Crippen LogP contribution in [0.5, 0.6) is 0 Å². The number of oxazole rings is 1. The molecule has 0 saturated heterocycles. The van der Waals surface area contributed by atoms with Gasteiger partial charge in [-0.15, -0.1) is 0 Å². The molecule has 1 aromatic heterocycles. The number of amides is 1. The van der Waals surface area contributed by atoms with Gasteiger partial charge in [-0.25, -0.2) is 4.98 Å². The highest BCUT2D eigenvalue weighted by Crippen LogP contribution is 2.08. The van der Waals surface area contributed by atoms with Crippen molar-refractivity contribution < 1.29 is 19.1 Å². The number of rotatable bonds is 4. The Morgan fingerprint density at radius 3 is 2.56 bits per heavy atom. The van der Waals surface area contributed by atoms with Crippen LogP contribution in [-0.2, 0) is 4.79 Å². The quantitative estimate of drug-likeness (QED) is 0.790. The molecule has 0 fully saturated rings. The van der Waals surface area contributed by atoms with Crippen LogP contribution < -0.4 is 5.32 Å². The van der Waals surface area contributed by atoms with Crippen molar-refractivity contribution in [1.29, 1.82) is 0 Å². The van der Waals surface area contributed by atoms with Crippen molar-refractivity contribution in [3.05, 3.63) is 17.3 Å². The molecule has 1 amide bonds. The highest BCUT2D eigenvalue weighted by Gasteiger charge is 2.18. The summed E-state index contributed by atoms with van der Waals surface area (Å²) in [6.07, 6.45) is 0. The Bertz CT molecular complexity index is 411. The van der Waals surface area contributed by atoms with Crippen molar-refractivity contribution in [2.45, 2.75) is 20.8 Å². The van der Waals surface area contributed by atoms with Gasteiger partial charge in [0, 0.05) is 13.5 Å². The van der Waals surface area contributed by atoms with E-state index in [9.17, 15) is 9.59 Å². The second-order valence-electron chi connectivity index (χ2n) is 3.60. The summed E-state index contributed by atoms with van der Waals surface area (Å²) in [7, 11) is 0. The number of aromatic nitrogens is 1. The van der Waals surface area contributed by atoms with E-state index in [2.05, 4.69) is 10.3 Å². The number of nitrogens with one attached hydrogen (secondary N) is 1. The van der Waals surface area contributed by atoms with Crippen molar-refractivity contribution in [3.63, 3.8) is 0 Å². The number of hydrogen-bond acceptors (Lipinski definition) is 4. The van der Waals surface area contributed by atoms with E-state index in [4.69, 9.17) is 9.52 Å². The van der Waals surface area contributed by atoms with Crippen LogP contribution in [0.2, 0.25) is 0 Å². The Morgan fingerprint density at radius 1 is 1.50 bits per heavy atom. The summed E-state index contributed by atoms with van der Waals surface area (Å²) in [4.78, 5) is 26.1. The number of aryl methyl sites for hydroxylation is 2. The normalized spacial score (nSPS) is 12.2. The van der Waals surface area contributed by atoms with Crippen LogP contribution in [0.15, 0.2) is 4.42 Å². The van der Waals surface area contributed by atoms with Gasteiger partial charge in [-0.2, -0.15) is 0 Å². The van der Waals surface area contributed by atoms with Crippen molar-refractivity contribution in [2.24, 2.45) is 5.92 Å². The summed E-state index contributed by atoms with van der Waals surface area (Å²) in [5.74, 6) is -1.48. The molecule has 0 aliphatic carbocycles. The van der Waals surface area contributed by atoms with Crippen molar-refractivity contribution in [1.82, 2.24) is 10.3 Å². The number of carbonyl (C=O) groups excluding carboxylic acids is 1. The first-order valence-electron chi connectivity index (χ1n) is 4.87. The largest absolute Gasteiger partial charge is 0.481 e. The number of carboxylic acid groups (broad SMARTS) is 1. The highest BCUT2D eigenvalue weighted by molar-refractivity contribution is 5.92. The maximum Gasteiger partial charge on any atom is 0.308 e. The van der Waals surface area contributed by atoms with E-state index in [1.54, 1.807) is 13.8 Å². The van der Waals surface area contributed by atoms with Crippen LogP contribution in [0, 0.1) is 19.8 Å². The summed E-state index contributed by atoms with van der Waals surface area (Å²) < 4.78 is 5.10. The van der Waals surface area contributed by atoms with Gasteiger partial charge in [0.1, 0.15) is 0 Å². The number of aliphatic carboxylic acids is 1. The first-order chi connectivity index (χ1) is 7.41. The zero-order chi connectivity index (χ0) is 12.3. The molecule has 88 valence electrons. The Balaban J connectivity index is 2.60. The third-order valence-corrected chi connectivity index (χ3v) is 2.10. The third kappa shape index (κ3) is 2.82. The first-order valence-corrected chi connectivity index (χ1v) is 4.87. The summed E-state index contributed by atoms with van der Waals surface area (Å²) in [5, 5.41) is 11.1. The molecule has 0 aromatic carbocycles. The van der Waals surface area contributed by atoms with Gasteiger partial charge in [0.25, 0.3) is 5.91 Å². The van der Waals surface area contributed by atoms with Crippen LogP contribution in [0.25, 0.3) is 0 Å². The first kappa shape index (κ1) is 12.2. The number of hydrogen-bond donors (Lipinski definition) is 2. The molecule has 16 heavy (non-hydrogen) atoms. The minimum Gasteiger partial charge on any atom is -0.481 e. The number of nitrogens with zero attached hydrogens (tertiary/aromatic N) is 1. The summed E-state index contributed by atoms with van der Waals surface area (Å²) in [6.45, 7) is 4.88. The predicted molar refractivity (Wildman–Crippen MR) is 55.1 cm³/mol. The molecular weight excluding hydrogens is 212 g/mol. The van der Waals surface area contributed by atoms with Gasteiger partial charge in [0.15, 0.2) is 5.89 Å². The van der Waals surface area contributed by atoms with E-state index in [1.165, 1.54) is 6.92 Å². The lowest BCUT2D eigenvalue weighted by molar-refractivity contribution is -0.140. The zero-order valence-corrected chi connectivity index (χ0v) is 9.40. The van der Waals surface area contributed by atoms with E-state index in [1.807, 2.05) is 0 Å². The lowest BCUT2D eigenvalue weighted by Crippen LogP contribution is -2.31. The topological polar surface area (TPSA) is 92.4 Å². The van der Waals surface area contributed by atoms with Crippen molar-refractivity contribution in [2.75, 3.05) is 6.54 Å². The monoisotopic (exact) mass is 226 g/mol. The van der Waals surface area contributed by atoms with Gasteiger partial charge in [0.2, 0.25) is 5.76 Å². The molecule has 0 aliphatic heterocycles. The van der Waals surface area contributed by atoms with E-state index in [0.717, 1.165) is 0 Å². The maximum atomic E-state index is 11.6. The average Bonchev–Trinajstić information content (AvgIpc) is 2.53. The minimum absolute atomic E-state index is 0.0629. The minimum atomic E-state index is -0.953. The second kappa shape index (κ2) is 4.78. The van der Waals surface area contributed by atoms with E-state index in [0.29, 0.717) is 11.6 Å². The molecule has 0 radical (unpaired) electrons. The Labute approximate surface area is 92.7 Å². The summed E-state index contributed by atoms with van der Waals surface area (Å²) in [6, 6.07) is 0. The smallest absolute Gasteiger partial charge is 0.308 e. The van der Waals surface area contributed by atoms with Gasteiger partial charge in [-0.05, 0) is 6.92 Å². The van der Waals surface area contributed by atoms with Crippen LogP contribution in [-0.4, -0.2) is 28.5 Å². The molecular formula is C10H14N2O4. The SMILES string of the molecule is Cc1nc(C)c(C(=O)NCC(C)C(=O)O)o1. The number of carboxylic acids is 1. The lowest BCUT2D eigenvalue weighted by atomic mass is 10.2. The van der Waals surface area contributed by atoms with Crippen molar-refractivity contribution in [3.8, 4) is 0 Å². The molecule has 6 heteroatoms. The molecule has 1 heterocycles. The fourth-order valence-electron chi connectivity index (χ4n) is 1.16. The zero-order valence-electron chi connectivity index (χ0n) is 9.40. The predicted octanol–water partition coefficient (Wildman–Crippen LogP) is 0.742. The van der Waals surface area contributed by atoms with Crippen LogP contribution in [0.4, 0.5) is 0 Å². The fraction of sp³-hybridized carbons (Fsp3) is 0.500. The third-order valence-electron chi connectivity index (χ3n) is 2.10. The summed E-state index contributed by atoms with van der Waals surface area (Å²) in [5.41, 5.74) is 0.498. The van der Waals surface area contributed by atoms with Crippen LogP contribution >= 0.6 is 0 Å². The van der Waals surface area contributed by atoms with E-state index < -0.39 is 17.8 Å². The van der Waals surface area contributed by atoms with Crippen molar-refractivity contribution >= 4 is 11.9 Å². The van der Waals surface area contributed by atoms with Crippen LogP contribution in [0.3, 0.4) is 0 Å². The maximum absolute atomic E-state index is 11.6. The van der Waals surface area contributed by atoms with Gasteiger partial charge in [-0.3, -0.25) is 9.59 Å². The lowest BCUT2D eigenvalue weighted by Gasteiger charge is -2.06. The average molecular weight is 226 g/mol. The van der Waals surface area contributed by atoms with Crippen LogP contribution in [0.1, 0.15) is 29.1 Å². The molecule has 0 saturated carbocycles. The molecule has 6 nitrogen and oxygen atoms in total. The molecule has 1 rings (SSSR count).